The highest BCUT2D eigenvalue weighted by Crippen LogP contribution is 2.16. The van der Waals surface area contributed by atoms with Crippen molar-refractivity contribution in [3.8, 4) is 5.75 Å². The molecule has 0 bridgehead atoms. The fraction of sp³-hybridized carbons (Fsp3) is 0.0667. The van der Waals surface area contributed by atoms with Crippen molar-refractivity contribution < 1.29 is 14.3 Å². The van der Waals surface area contributed by atoms with E-state index in [2.05, 4.69) is 10.5 Å². The number of halogens is 2. The van der Waals surface area contributed by atoms with Crippen LogP contribution < -0.4 is 5.43 Å². The molecular weight excluding hydrogens is 295 g/mol. The molecule has 0 spiro atoms. The number of aromatic hydroxyl groups is 1. The number of benzene rings is 2. The van der Waals surface area contributed by atoms with Gasteiger partial charge in [0.25, 0.3) is 0 Å². The average molecular weight is 307 g/mol. The van der Waals surface area contributed by atoms with E-state index in [1.54, 1.807) is 12.1 Å². The lowest BCUT2D eigenvalue weighted by Gasteiger charge is -2.02. The zero-order valence-electron chi connectivity index (χ0n) is 10.9. The maximum atomic E-state index is 13.4. The van der Waals surface area contributed by atoms with Crippen molar-refractivity contribution in [2.45, 2.75) is 6.42 Å². The van der Waals surface area contributed by atoms with Crippen LogP contribution in [-0.4, -0.2) is 17.2 Å². The Morgan fingerprint density at radius 2 is 2.10 bits per heavy atom. The van der Waals surface area contributed by atoms with Crippen molar-refractivity contribution in [1.82, 2.24) is 5.43 Å². The van der Waals surface area contributed by atoms with Crippen molar-refractivity contribution in [1.29, 1.82) is 0 Å². The Labute approximate surface area is 125 Å². The van der Waals surface area contributed by atoms with Crippen LogP contribution in [0.5, 0.6) is 5.75 Å². The van der Waals surface area contributed by atoms with Gasteiger partial charge in [-0.2, -0.15) is 5.10 Å². The van der Waals surface area contributed by atoms with Gasteiger partial charge in [-0.05, 0) is 29.8 Å². The number of hydrogen-bond acceptors (Lipinski definition) is 3. The number of carbonyl (C=O) groups is 1. The summed E-state index contributed by atoms with van der Waals surface area (Å²) in [6.07, 6.45) is 1.20. The minimum Gasteiger partial charge on any atom is -0.508 e. The van der Waals surface area contributed by atoms with Gasteiger partial charge in [0.2, 0.25) is 5.91 Å². The van der Waals surface area contributed by atoms with Gasteiger partial charge < -0.3 is 5.11 Å². The van der Waals surface area contributed by atoms with Crippen LogP contribution in [0.2, 0.25) is 5.02 Å². The molecule has 6 heteroatoms. The third kappa shape index (κ3) is 4.29. The summed E-state index contributed by atoms with van der Waals surface area (Å²) in [5.74, 6) is -0.820. The second-order valence-electron chi connectivity index (χ2n) is 4.28. The predicted molar refractivity (Wildman–Crippen MR) is 79.0 cm³/mol. The maximum absolute atomic E-state index is 13.4. The van der Waals surface area contributed by atoms with E-state index in [0.717, 1.165) is 6.21 Å². The SMILES string of the molecule is O=C(Cc1cccc(O)c1)NN=Cc1c(F)cccc1Cl. The van der Waals surface area contributed by atoms with Gasteiger partial charge in [-0.1, -0.05) is 29.8 Å². The Kier molecular flexibility index (Phi) is 4.90. The van der Waals surface area contributed by atoms with Crippen LogP contribution in [0.15, 0.2) is 47.6 Å². The summed E-state index contributed by atoms with van der Waals surface area (Å²) in [4.78, 5) is 11.7. The molecule has 0 atom stereocenters. The molecule has 0 fully saturated rings. The number of amides is 1. The van der Waals surface area contributed by atoms with Crippen molar-refractivity contribution in [2.24, 2.45) is 5.10 Å². The summed E-state index contributed by atoms with van der Waals surface area (Å²) in [5.41, 5.74) is 3.03. The lowest BCUT2D eigenvalue weighted by atomic mass is 10.1. The second-order valence-corrected chi connectivity index (χ2v) is 4.68. The second kappa shape index (κ2) is 6.85. The minimum absolute atomic E-state index is 0.0523. The zero-order chi connectivity index (χ0) is 15.2. The maximum Gasteiger partial charge on any atom is 0.244 e. The van der Waals surface area contributed by atoms with Crippen LogP contribution in [-0.2, 0) is 11.2 Å². The lowest BCUT2D eigenvalue weighted by molar-refractivity contribution is -0.120. The van der Waals surface area contributed by atoms with Crippen LogP contribution in [0.1, 0.15) is 11.1 Å². The lowest BCUT2D eigenvalue weighted by Crippen LogP contribution is -2.19. The molecule has 4 nitrogen and oxygen atoms in total. The van der Waals surface area contributed by atoms with Crippen molar-refractivity contribution in [2.75, 3.05) is 0 Å². The van der Waals surface area contributed by atoms with E-state index in [0.29, 0.717) is 5.56 Å². The molecule has 0 aliphatic rings. The zero-order valence-corrected chi connectivity index (χ0v) is 11.6. The van der Waals surface area contributed by atoms with Gasteiger partial charge in [-0.25, -0.2) is 9.82 Å². The topological polar surface area (TPSA) is 61.7 Å². The molecule has 0 saturated carbocycles. The van der Waals surface area contributed by atoms with Crippen LogP contribution in [0.3, 0.4) is 0 Å². The number of phenols is 1. The highest BCUT2D eigenvalue weighted by Gasteiger charge is 2.05. The molecular formula is C15H12ClFN2O2. The largest absolute Gasteiger partial charge is 0.508 e. The van der Waals surface area contributed by atoms with Crippen molar-refractivity contribution in [3.63, 3.8) is 0 Å². The minimum atomic E-state index is -0.520. The molecule has 0 aliphatic heterocycles. The first-order chi connectivity index (χ1) is 10.1. The number of hydrogen-bond donors (Lipinski definition) is 2. The van der Waals surface area contributed by atoms with E-state index < -0.39 is 5.82 Å². The highest BCUT2D eigenvalue weighted by atomic mass is 35.5. The highest BCUT2D eigenvalue weighted by molar-refractivity contribution is 6.33. The summed E-state index contributed by atoms with van der Waals surface area (Å²) in [6, 6.07) is 10.6. The average Bonchev–Trinajstić information content (AvgIpc) is 2.42. The molecule has 0 saturated heterocycles. The summed E-state index contributed by atoms with van der Waals surface area (Å²) < 4.78 is 13.4. The van der Waals surface area contributed by atoms with Gasteiger partial charge in [0.15, 0.2) is 0 Å². The fourth-order valence-electron chi connectivity index (χ4n) is 1.69. The summed E-state index contributed by atoms with van der Waals surface area (Å²) >= 11 is 5.82. The summed E-state index contributed by atoms with van der Waals surface area (Å²) in [5, 5.41) is 13.2. The van der Waals surface area contributed by atoms with Crippen LogP contribution in [0.25, 0.3) is 0 Å². The molecule has 2 N–H and O–H groups in total. The van der Waals surface area contributed by atoms with Crippen LogP contribution in [0.4, 0.5) is 4.39 Å². The Balaban J connectivity index is 1.96. The van der Waals surface area contributed by atoms with E-state index in [1.807, 2.05) is 0 Å². The Bertz CT molecular complexity index is 669. The molecule has 2 aromatic carbocycles. The van der Waals surface area contributed by atoms with E-state index in [1.165, 1.54) is 30.3 Å². The molecule has 2 rings (SSSR count). The summed E-state index contributed by atoms with van der Waals surface area (Å²) in [7, 11) is 0. The molecule has 1 amide bonds. The number of carbonyl (C=O) groups excluding carboxylic acids is 1. The normalized spacial score (nSPS) is 10.8. The number of rotatable bonds is 4. The fourth-order valence-corrected chi connectivity index (χ4v) is 1.91. The molecule has 0 heterocycles. The standard InChI is InChI=1S/C15H12ClFN2O2/c16-13-5-2-6-14(17)12(13)9-18-19-15(21)8-10-3-1-4-11(20)7-10/h1-7,9,20H,8H2,(H,19,21). The summed E-state index contributed by atoms with van der Waals surface area (Å²) in [6.45, 7) is 0. The van der Waals surface area contributed by atoms with Gasteiger partial charge in [-0.3, -0.25) is 4.79 Å². The van der Waals surface area contributed by atoms with Gasteiger partial charge in [0.1, 0.15) is 11.6 Å². The number of nitrogens with zero attached hydrogens (tertiary/aromatic N) is 1. The monoisotopic (exact) mass is 306 g/mol. The molecule has 0 aliphatic carbocycles. The van der Waals surface area contributed by atoms with E-state index in [9.17, 15) is 14.3 Å². The van der Waals surface area contributed by atoms with Gasteiger partial charge in [0, 0.05) is 5.56 Å². The first-order valence-corrected chi connectivity index (χ1v) is 6.48. The van der Waals surface area contributed by atoms with E-state index in [4.69, 9.17) is 11.6 Å². The van der Waals surface area contributed by atoms with Crippen molar-refractivity contribution in [3.05, 3.63) is 64.4 Å². The Morgan fingerprint density at radius 1 is 1.33 bits per heavy atom. The van der Waals surface area contributed by atoms with E-state index >= 15 is 0 Å². The number of hydrazone groups is 1. The quantitative estimate of drug-likeness (QED) is 0.674. The molecule has 0 radical (unpaired) electrons. The third-order valence-corrected chi connectivity index (χ3v) is 2.99. The van der Waals surface area contributed by atoms with Gasteiger partial charge in [-0.15, -0.1) is 0 Å². The first kappa shape index (κ1) is 15.0. The number of phenolic OH excluding ortho intramolecular Hbond substituents is 1. The Hall–Kier alpha value is -2.40. The van der Waals surface area contributed by atoms with Crippen LogP contribution >= 0.6 is 11.6 Å². The molecule has 0 unspecified atom stereocenters. The molecule has 0 aromatic heterocycles. The van der Waals surface area contributed by atoms with Gasteiger partial charge in [0.05, 0.1) is 17.7 Å². The van der Waals surface area contributed by atoms with Crippen LogP contribution in [0, 0.1) is 5.82 Å². The predicted octanol–water partition coefficient (Wildman–Crippen LogP) is 2.88. The first-order valence-electron chi connectivity index (χ1n) is 6.10. The van der Waals surface area contributed by atoms with E-state index in [-0.39, 0.29) is 28.7 Å². The van der Waals surface area contributed by atoms with Gasteiger partial charge >= 0.3 is 0 Å². The Morgan fingerprint density at radius 3 is 2.81 bits per heavy atom. The van der Waals surface area contributed by atoms with Crippen molar-refractivity contribution >= 4 is 23.7 Å². The molecule has 108 valence electrons. The number of nitrogens with one attached hydrogen (secondary N) is 1. The molecule has 21 heavy (non-hydrogen) atoms. The smallest absolute Gasteiger partial charge is 0.244 e. The molecule has 2 aromatic rings. The third-order valence-electron chi connectivity index (χ3n) is 2.66.